The van der Waals surface area contributed by atoms with Crippen LogP contribution in [0.4, 0.5) is 5.13 Å². The molecular weight excluding hydrogens is 428 g/mol. The number of phenols is 1. The summed E-state index contributed by atoms with van der Waals surface area (Å²) in [5.41, 5.74) is 4.84. The zero-order valence-corrected chi connectivity index (χ0v) is 20.2. The standard InChI is InChI=1S/C28H32N2O2S/c1-30(2)27-29-26(32)25(33-27)12-17-4-3-5-21(11-17)22-6-7-24(31)23(13-22)28-14-18-8-19(15-28)10-20(9-18)16-28/h3-7,11,13,18-20,31-32H,8-10,12,14-16H2,1-2H3. The fourth-order valence-electron chi connectivity index (χ4n) is 7.27. The summed E-state index contributed by atoms with van der Waals surface area (Å²) in [6.07, 6.45) is 8.61. The highest BCUT2D eigenvalue weighted by Crippen LogP contribution is 2.62. The maximum atomic E-state index is 10.9. The predicted octanol–water partition coefficient (Wildman–Crippen LogP) is 6.35. The Morgan fingerprint density at radius 1 is 0.939 bits per heavy atom. The van der Waals surface area contributed by atoms with Crippen LogP contribution in [0.1, 0.15) is 54.5 Å². The Kier molecular flexibility index (Phi) is 4.95. The maximum Gasteiger partial charge on any atom is 0.227 e. The number of anilines is 1. The molecule has 0 saturated heterocycles. The van der Waals surface area contributed by atoms with Gasteiger partial charge in [-0.1, -0.05) is 41.7 Å². The fourth-order valence-corrected chi connectivity index (χ4v) is 8.18. The Morgan fingerprint density at radius 3 is 2.24 bits per heavy atom. The Bertz CT molecular complexity index is 1160. The quantitative estimate of drug-likeness (QED) is 0.466. The molecule has 5 heteroatoms. The van der Waals surface area contributed by atoms with Gasteiger partial charge >= 0.3 is 0 Å². The molecule has 0 atom stereocenters. The molecular formula is C28H32N2O2S. The van der Waals surface area contributed by atoms with Gasteiger partial charge in [0.1, 0.15) is 5.75 Å². The van der Waals surface area contributed by atoms with E-state index in [2.05, 4.69) is 35.3 Å². The first kappa shape index (κ1) is 21.0. The van der Waals surface area contributed by atoms with Crippen LogP contribution in [0.25, 0.3) is 11.1 Å². The summed E-state index contributed by atoms with van der Waals surface area (Å²) < 4.78 is 0. The van der Waals surface area contributed by atoms with Crippen molar-refractivity contribution in [3.63, 3.8) is 0 Å². The van der Waals surface area contributed by atoms with E-state index in [1.807, 2.05) is 31.1 Å². The normalized spacial score (nSPS) is 27.8. The molecule has 0 spiro atoms. The van der Waals surface area contributed by atoms with Crippen LogP contribution in [0.3, 0.4) is 0 Å². The van der Waals surface area contributed by atoms with E-state index in [4.69, 9.17) is 0 Å². The van der Waals surface area contributed by atoms with Crippen LogP contribution < -0.4 is 4.90 Å². The van der Waals surface area contributed by atoms with Crippen molar-refractivity contribution >= 4 is 16.5 Å². The van der Waals surface area contributed by atoms with E-state index in [0.717, 1.165) is 38.9 Å². The van der Waals surface area contributed by atoms with Gasteiger partial charge in [0.25, 0.3) is 0 Å². The molecule has 2 N–H and O–H groups in total. The second-order valence-corrected chi connectivity index (χ2v) is 12.0. The summed E-state index contributed by atoms with van der Waals surface area (Å²) >= 11 is 1.53. The first-order valence-electron chi connectivity index (χ1n) is 12.2. The molecule has 0 unspecified atom stereocenters. The third kappa shape index (κ3) is 3.71. The molecule has 4 aliphatic rings. The van der Waals surface area contributed by atoms with Crippen molar-refractivity contribution < 1.29 is 10.2 Å². The largest absolute Gasteiger partial charge is 0.508 e. The molecule has 33 heavy (non-hydrogen) atoms. The average molecular weight is 461 g/mol. The van der Waals surface area contributed by atoms with Crippen molar-refractivity contribution in [3.8, 4) is 22.8 Å². The summed E-state index contributed by atoms with van der Waals surface area (Å²) in [4.78, 5) is 7.08. The van der Waals surface area contributed by atoms with Gasteiger partial charge in [0.05, 0.1) is 4.88 Å². The number of aromatic hydroxyl groups is 2. The molecule has 0 aliphatic heterocycles. The SMILES string of the molecule is CN(C)c1nc(O)c(Cc2cccc(-c3ccc(O)c(C45CC6CC(CC(C6)C4)C5)c3)c2)s1. The highest BCUT2D eigenvalue weighted by atomic mass is 32.1. The van der Waals surface area contributed by atoms with E-state index in [9.17, 15) is 10.2 Å². The predicted molar refractivity (Wildman–Crippen MR) is 134 cm³/mol. The van der Waals surface area contributed by atoms with Crippen LogP contribution in [0.5, 0.6) is 11.6 Å². The van der Waals surface area contributed by atoms with Crippen LogP contribution in [-0.4, -0.2) is 29.3 Å². The zero-order valence-electron chi connectivity index (χ0n) is 19.4. The number of hydrogen-bond acceptors (Lipinski definition) is 5. The molecule has 4 saturated carbocycles. The van der Waals surface area contributed by atoms with Gasteiger partial charge in [-0.15, -0.1) is 0 Å². The Labute approximate surface area is 199 Å². The minimum Gasteiger partial charge on any atom is -0.508 e. The molecule has 2 aromatic carbocycles. The lowest BCUT2D eigenvalue weighted by Gasteiger charge is -2.57. The lowest BCUT2D eigenvalue weighted by atomic mass is 9.48. The minimum absolute atomic E-state index is 0.128. The van der Waals surface area contributed by atoms with Crippen molar-refractivity contribution in [1.29, 1.82) is 0 Å². The average Bonchev–Trinajstić information content (AvgIpc) is 3.14. The summed E-state index contributed by atoms with van der Waals surface area (Å²) in [7, 11) is 3.88. The van der Waals surface area contributed by atoms with Gasteiger partial charge in [-0.05, 0) is 90.5 Å². The monoisotopic (exact) mass is 460 g/mol. The molecule has 1 aromatic heterocycles. The topological polar surface area (TPSA) is 56.6 Å². The van der Waals surface area contributed by atoms with Crippen LogP contribution in [-0.2, 0) is 11.8 Å². The number of hydrogen-bond donors (Lipinski definition) is 2. The first-order chi connectivity index (χ1) is 15.9. The van der Waals surface area contributed by atoms with E-state index in [0.29, 0.717) is 12.2 Å². The van der Waals surface area contributed by atoms with Crippen molar-refractivity contribution in [3.05, 3.63) is 58.5 Å². The molecule has 4 bridgehead atoms. The van der Waals surface area contributed by atoms with E-state index in [1.54, 1.807) is 0 Å². The van der Waals surface area contributed by atoms with Gasteiger partial charge in [-0.2, -0.15) is 4.98 Å². The Balaban J connectivity index is 1.32. The van der Waals surface area contributed by atoms with Gasteiger partial charge in [-0.25, -0.2) is 0 Å². The lowest BCUT2D eigenvalue weighted by Crippen LogP contribution is -2.48. The summed E-state index contributed by atoms with van der Waals surface area (Å²) in [5.74, 6) is 3.15. The Morgan fingerprint density at radius 2 is 1.61 bits per heavy atom. The number of aromatic nitrogens is 1. The number of phenolic OH excluding ortho intramolecular Hbond substituents is 1. The third-order valence-corrected chi connectivity index (χ3v) is 9.49. The van der Waals surface area contributed by atoms with Crippen LogP contribution >= 0.6 is 11.3 Å². The van der Waals surface area contributed by atoms with Gasteiger partial charge in [0, 0.05) is 26.1 Å². The zero-order chi connectivity index (χ0) is 22.7. The van der Waals surface area contributed by atoms with Crippen molar-refractivity contribution in [2.75, 3.05) is 19.0 Å². The molecule has 4 aliphatic carbocycles. The molecule has 4 nitrogen and oxygen atoms in total. The Hall–Kier alpha value is -2.53. The summed E-state index contributed by atoms with van der Waals surface area (Å²) in [6.45, 7) is 0. The number of benzene rings is 2. The van der Waals surface area contributed by atoms with Gasteiger partial charge < -0.3 is 15.1 Å². The third-order valence-electron chi connectivity index (χ3n) is 8.28. The summed E-state index contributed by atoms with van der Waals surface area (Å²) in [5, 5.41) is 22.0. The first-order valence-corrected chi connectivity index (χ1v) is 13.0. The number of nitrogens with zero attached hydrogens (tertiary/aromatic N) is 2. The molecule has 1 heterocycles. The van der Waals surface area contributed by atoms with Crippen LogP contribution in [0.15, 0.2) is 42.5 Å². The molecule has 3 aromatic rings. The lowest BCUT2D eigenvalue weighted by molar-refractivity contribution is -0.00611. The van der Waals surface area contributed by atoms with E-state index >= 15 is 0 Å². The van der Waals surface area contributed by atoms with Crippen molar-refractivity contribution in [2.45, 2.75) is 50.4 Å². The summed E-state index contributed by atoms with van der Waals surface area (Å²) in [6, 6.07) is 14.8. The highest BCUT2D eigenvalue weighted by molar-refractivity contribution is 7.15. The van der Waals surface area contributed by atoms with Gasteiger partial charge in [0.15, 0.2) is 5.13 Å². The van der Waals surface area contributed by atoms with Gasteiger partial charge in [-0.3, -0.25) is 0 Å². The van der Waals surface area contributed by atoms with Crippen LogP contribution in [0.2, 0.25) is 0 Å². The van der Waals surface area contributed by atoms with E-state index in [-0.39, 0.29) is 11.3 Å². The van der Waals surface area contributed by atoms with Crippen molar-refractivity contribution in [2.24, 2.45) is 17.8 Å². The van der Waals surface area contributed by atoms with Crippen molar-refractivity contribution in [1.82, 2.24) is 4.98 Å². The minimum atomic E-state index is 0.128. The molecule has 7 rings (SSSR count). The smallest absolute Gasteiger partial charge is 0.227 e. The maximum absolute atomic E-state index is 10.9. The van der Waals surface area contributed by atoms with E-state index in [1.165, 1.54) is 61.0 Å². The molecule has 4 fully saturated rings. The number of thiazole rings is 1. The second-order valence-electron chi connectivity index (χ2n) is 10.9. The fraction of sp³-hybridized carbons (Fsp3) is 0.464. The van der Waals surface area contributed by atoms with Crippen LogP contribution in [0, 0.1) is 17.8 Å². The molecule has 0 amide bonds. The van der Waals surface area contributed by atoms with Gasteiger partial charge in [0.2, 0.25) is 5.88 Å². The molecule has 0 radical (unpaired) electrons. The number of rotatable bonds is 5. The molecule has 172 valence electrons. The highest BCUT2D eigenvalue weighted by Gasteiger charge is 2.52. The second kappa shape index (κ2) is 7.76. The van der Waals surface area contributed by atoms with E-state index < -0.39 is 0 Å².